The van der Waals surface area contributed by atoms with Crippen molar-refractivity contribution in [3.05, 3.63) is 65.7 Å². The smallest absolute Gasteiger partial charge is 0.407 e. The van der Waals surface area contributed by atoms with Crippen LogP contribution in [0.4, 0.5) is 4.79 Å². The Morgan fingerprint density at radius 3 is 2.37 bits per heavy atom. The number of ether oxygens (including phenoxy) is 1. The molecule has 0 aliphatic heterocycles. The predicted molar refractivity (Wildman–Crippen MR) is 111 cm³/mol. The molecule has 0 radical (unpaired) electrons. The molecular formula is C21H26N2O6S. The number of nitrogens with two attached hydrogens (primary N) is 1. The van der Waals surface area contributed by atoms with E-state index in [2.05, 4.69) is 9.50 Å². The van der Waals surface area contributed by atoms with E-state index in [1.54, 1.807) is 12.1 Å². The van der Waals surface area contributed by atoms with Gasteiger partial charge in [0.25, 0.3) is 0 Å². The standard InChI is InChI=1S/C21H26N2O6S/c1-16-10-12-18(13-11-16)30(26,27)29-20(24)19(22)9-5-6-14-23-21(25)28-15-17-7-3-2-4-8-17/h2-4,7-8,10-13,19H,5-6,9,14-15,22H2,1H3,(H,23,25)/t19-/m0/s1. The molecule has 0 spiro atoms. The minimum atomic E-state index is -4.20. The Labute approximate surface area is 176 Å². The molecule has 1 amide bonds. The molecule has 0 aliphatic carbocycles. The van der Waals surface area contributed by atoms with Gasteiger partial charge in [-0.2, -0.15) is 8.42 Å². The molecule has 8 nitrogen and oxygen atoms in total. The van der Waals surface area contributed by atoms with Crippen molar-refractivity contribution in [2.45, 2.75) is 43.7 Å². The fraction of sp³-hybridized carbons (Fsp3) is 0.333. The van der Waals surface area contributed by atoms with Gasteiger partial charge < -0.3 is 20.0 Å². The summed E-state index contributed by atoms with van der Waals surface area (Å²) >= 11 is 0. The van der Waals surface area contributed by atoms with Gasteiger partial charge in [-0.05, 0) is 43.9 Å². The first-order valence-electron chi connectivity index (χ1n) is 9.53. The Morgan fingerprint density at radius 2 is 1.70 bits per heavy atom. The lowest BCUT2D eigenvalue weighted by molar-refractivity contribution is -0.135. The summed E-state index contributed by atoms with van der Waals surface area (Å²) in [7, 11) is -4.20. The van der Waals surface area contributed by atoms with Crippen LogP contribution < -0.4 is 11.1 Å². The van der Waals surface area contributed by atoms with Crippen LogP contribution in [0.1, 0.15) is 30.4 Å². The molecule has 162 valence electrons. The summed E-state index contributed by atoms with van der Waals surface area (Å²) < 4.78 is 33.9. The van der Waals surface area contributed by atoms with E-state index >= 15 is 0 Å². The van der Waals surface area contributed by atoms with Crippen molar-refractivity contribution in [1.82, 2.24) is 5.32 Å². The largest absolute Gasteiger partial charge is 0.445 e. The lowest BCUT2D eigenvalue weighted by atomic mass is 10.1. The van der Waals surface area contributed by atoms with Gasteiger partial charge in [-0.1, -0.05) is 48.0 Å². The van der Waals surface area contributed by atoms with Crippen LogP contribution in [0.2, 0.25) is 0 Å². The van der Waals surface area contributed by atoms with Crippen molar-refractivity contribution in [1.29, 1.82) is 0 Å². The second-order valence-corrected chi connectivity index (χ2v) is 8.31. The molecule has 3 N–H and O–H groups in total. The fourth-order valence-corrected chi connectivity index (χ4v) is 3.40. The van der Waals surface area contributed by atoms with Gasteiger partial charge in [0, 0.05) is 6.54 Å². The maximum Gasteiger partial charge on any atom is 0.407 e. The third kappa shape index (κ3) is 7.84. The Hall–Kier alpha value is -2.91. The molecule has 0 saturated heterocycles. The number of rotatable bonds is 10. The van der Waals surface area contributed by atoms with Crippen LogP contribution in [0.25, 0.3) is 0 Å². The minimum absolute atomic E-state index is 0.105. The number of amides is 1. The summed E-state index contributed by atoms with van der Waals surface area (Å²) in [5.41, 5.74) is 7.50. The molecule has 30 heavy (non-hydrogen) atoms. The summed E-state index contributed by atoms with van der Waals surface area (Å²) in [6.45, 7) is 2.34. The number of hydrogen-bond donors (Lipinski definition) is 2. The minimum Gasteiger partial charge on any atom is -0.445 e. The zero-order valence-corrected chi connectivity index (χ0v) is 17.6. The van der Waals surface area contributed by atoms with E-state index in [1.807, 2.05) is 37.3 Å². The van der Waals surface area contributed by atoms with E-state index in [9.17, 15) is 18.0 Å². The number of hydrogen-bond acceptors (Lipinski definition) is 7. The maximum atomic E-state index is 12.1. The van der Waals surface area contributed by atoms with E-state index in [0.29, 0.717) is 19.4 Å². The number of alkyl carbamates (subject to hydrolysis) is 1. The first-order valence-corrected chi connectivity index (χ1v) is 10.9. The summed E-state index contributed by atoms with van der Waals surface area (Å²) in [5.74, 6) is -1.01. The summed E-state index contributed by atoms with van der Waals surface area (Å²) in [6.07, 6.45) is 0.737. The highest BCUT2D eigenvalue weighted by atomic mass is 32.2. The van der Waals surface area contributed by atoms with E-state index in [4.69, 9.17) is 10.5 Å². The average molecular weight is 435 g/mol. The SMILES string of the molecule is Cc1ccc(S(=O)(=O)OC(=O)[C@@H](N)CCCCNC(=O)OCc2ccccc2)cc1. The third-order valence-electron chi connectivity index (χ3n) is 4.23. The van der Waals surface area contributed by atoms with Crippen molar-refractivity contribution in [2.24, 2.45) is 5.73 Å². The lowest BCUT2D eigenvalue weighted by Gasteiger charge is -2.12. The van der Waals surface area contributed by atoms with Crippen molar-refractivity contribution in [3.8, 4) is 0 Å². The van der Waals surface area contributed by atoms with Crippen LogP contribution >= 0.6 is 0 Å². The second-order valence-electron chi connectivity index (χ2n) is 6.76. The van der Waals surface area contributed by atoms with Gasteiger partial charge in [0.15, 0.2) is 0 Å². The first kappa shape index (κ1) is 23.4. The van der Waals surface area contributed by atoms with E-state index in [1.165, 1.54) is 12.1 Å². The van der Waals surface area contributed by atoms with Crippen LogP contribution in [0.15, 0.2) is 59.5 Å². The molecule has 0 fully saturated rings. The summed E-state index contributed by atoms with van der Waals surface area (Å²) in [4.78, 5) is 23.5. The molecule has 2 aromatic rings. The number of carbonyl (C=O) groups excluding carboxylic acids is 2. The average Bonchev–Trinajstić information content (AvgIpc) is 2.72. The van der Waals surface area contributed by atoms with Crippen LogP contribution in [-0.4, -0.2) is 33.1 Å². The normalized spacial score (nSPS) is 12.1. The summed E-state index contributed by atoms with van der Waals surface area (Å²) in [6, 6.07) is 14.2. The van der Waals surface area contributed by atoms with Gasteiger partial charge in [0.05, 0.1) is 0 Å². The zero-order chi connectivity index (χ0) is 22.0. The highest BCUT2D eigenvalue weighted by molar-refractivity contribution is 7.87. The van der Waals surface area contributed by atoms with Crippen LogP contribution in [0, 0.1) is 6.92 Å². The number of benzene rings is 2. The number of unbranched alkanes of at least 4 members (excludes halogenated alkanes) is 1. The molecule has 0 unspecified atom stereocenters. The molecule has 0 saturated carbocycles. The molecule has 0 heterocycles. The molecular weight excluding hydrogens is 408 g/mol. The molecule has 0 bridgehead atoms. The van der Waals surface area contributed by atoms with Crippen molar-refractivity contribution >= 4 is 22.2 Å². The quantitative estimate of drug-likeness (QED) is 0.435. The van der Waals surface area contributed by atoms with Gasteiger partial charge in [-0.15, -0.1) is 0 Å². The van der Waals surface area contributed by atoms with Crippen molar-refractivity contribution in [2.75, 3.05) is 6.54 Å². The molecule has 2 rings (SSSR count). The number of nitrogens with one attached hydrogen (secondary N) is 1. The van der Waals surface area contributed by atoms with Gasteiger partial charge in [0.1, 0.15) is 17.5 Å². The third-order valence-corrected chi connectivity index (χ3v) is 5.46. The molecule has 1 atom stereocenters. The van der Waals surface area contributed by atoms with Crippen LogP contribution in [0.5, 0.6) is 0 Å². The van der Waals surface area contributed by atoms with Crippen molar-refractivity contribution in [3.63, 3.8) is 0 Å². The highest BCUT2D eigenvalue weighted by Gasteiger charge is 2.24. The van der Waals surface area contributed by atoms with Crippen molar-refractivity contribution < 1.29 is 26.9 Å². The van der Waals surface area contributed by atoms with Crippen LogP contribution in [-0.2, 0) is 30.4 Å². The van der Waals surface area contributed by atoms with Gasteiger partial charge in [0.2, 0.25) is 0 Å². The number of aryl methyl sites for hydroxylation is 1. The Kier molecular flexibility index (Phi) is 8.82. The van der Waals surface area contributed by atoms with Gasteiger partial charge >= 0.3 is 22.2 Å². The maximum absolute atomic E-state index is 12.1. The Morgan fingerprint density at radius 1 is 1.03 bits per heavy atom. The first-order chi connectivity index (χ1) is 14.3. The fourth-order valence-electron chi connectivity index (χ4n) is 2.49. The zero-order valence-electron chi connectivity index (χ0n) is 16.7. The Balaban J connectivity index is 1.64. The van der Waals surface area contributed by atoms with Gasteiger partial charge in [-0.25, -0.2) is 9.59 Å². The second kappa shape index (κ2) is 11.3. The molecule has 9 heteroatoms. The highest BCUT2D eigenvalue weighted by Crippen LogP contribution is 2.14. The Bertz CT molecular complexity index is 930. The van der Waals surface area contributed by atoms with E-state index < -0.39 is 28.2 Å². The van der Waals surface area contributed by atoms with Gasteiger partial charge in [-0.3, -0.25) is 0 Å². The lowest BCUT2D eigenvalue weighted by Crippen LogP contribution is -2.34. The summed E-state index contributed by atoms with van der Waals surface area (Å²) in [5, 5.41) is 2.61. The number of carbonyl (C=O) groups is 2. The molecule has 2 aromatic carbocycles. The molecule has 0 aromatic heterocycles. The van der Waals surface area contributed by atoms with E-state index in [0.717, 1.165) is 11.1 Å². The van der Waals surface area contributed by atoms with E-state index in [-0.39, 0.29) is 17.9 Å². The predicted octanol–water partition coefficient (Wildman–Crippen LogP) is 2.65. The monoisotopic (exact) mass is 434 g/mol. The topological polar surface area (TPSA) is 125 Å². The van der Waals surface area contributed by atoms with Crippen LogP contribution in [0.3, 0.4) is 0 Å². The molecule has 0 aliphatic rings.